The maximum atomic E-state index is 11.1. The van der Waals surface area contributed by atoms with Crippen LogP contribution in [-0.4, -0.2) is 24.1 Å². The van der Waals surface area contributed by atoms with Gasteiger partial charge in [-0.2, -0.15) is 0 Å². The summed E-state index contributed by atoms with van der Waals surface area (Å²) in [5.41, 5.74) is -0.610. The van der Waals surface area contributed by atoms with Crippen molar-refractivity contribution in [2.24, 2.45) is 11.8 Å². The van der Waals surface area contributed by atoms with Crippen LogP contribution in [0.2, 0.25) is 0 Å². The van der Waals surface area contributed by atoms with Crippen molar-refractivity contribution < 1.29 is 19.1 Å². The molecule has 0 fully saturated rings. The van der Waals surface area contributed by atoms with Crippen molar-refractivity contribution >= 4 is 11.9 Å². The molecule has 2 unspecified atom stereocenters. The van der Waals surface area contributed by atoms with Gasteiger partial charge in [0.25, 0.3) is 0 Å². The second kappa shape index (κ2) is 5.87. The van der Waals surface area contributed by atoms with Crippen LogP contribution < -0.4 is 0 Å². The highest BCUT2D eigenvalue weighted by Gasteiger charge is 2.38. The van der Waals surface area contributed by atoms with Gasteiger partial charge in [0.1, 0.15) is 5.60 Å². The van der Waals surface area contributed by atoms with Crippen molar-refractivity contribution in [3.8, 4) is 0 Å². The lowest BCUT2D eigenvalue weighted by molar-refractivity contribution is -0.171. The Labute approximate surface area is 97.3 Å². The van der Waals surface area contributed by atoms with Gasteiger partial charge in [0, 0.05) is 19.8 Å². The van der Waals surface area contributed by atoms with Gasteiger partial charge < -0.3 is 9.47 Å². The fraction of sp³-hybridized carbons (Fsp3) is 0.833. The molecule has 0 heterocycles. The minimum atomic E-state index is -0.610. The number of esters is 2. The number of ether oxygens (including phenoxy) is 2. The minimum Gasteiger partial charge on any atom is -0.465 e. The fourth-order valence-electron chi connectivity index (χ4n) is 1.50. The average molecular weight is 230 g/mol. The Balaban J connectivity index is 4.62. The molecule has 0 N–H and O–H groups in total. The van der Waals surface area contributed by atoms with Crippen molar-refractivity contribution in [1.82, 2.24) is 0 Å². The molecule has 0 amide bonds. The lowest BCUT2D eigenvalue weighted by Crippen LogP contribution is -2.45. The van der Waals surface area contributed by atoms with Crippen LogP contribution in [0.1, 0.15) is 41.5 Å². The molecule has 0 radical (unpaired) electrons. The molecule has 0 spiro atoms. The van der Waals surface area contributed by atoms with Crippen molar-refractivity contribution in [3.63, 3.8) is 0 Å². The molecule has 0 saturated carbocycles. The summed E-state index contributed by atoms with van der Waals surface area (Å²) in [7, 11) is 0. The van der Waals surface area contributed by atoms with E-state index < -0.39 is 5.60 Å². The van der Waals surface area contributed by atoms with Crippen LogP contribution in [0.4, 0.5) is 0 Å². The van der Waals surface area contributed by atoms with Gasteiger partial charge in [-0.3, -0.25) is 9.59 Å². The van der Waals surface area contributed by atoms with E-state index in [9.17, 15) is 9.59 Å². The summed E-state index contributed by atoms with van der Waals surface area (Å²) < 4.78 is 10.3. The molecular formula is C12H22O4. The number of carbonyl (C=O) groups is 2. The largest absolute Gasteiger partial charge is 0.465 e. The van der Waals surface area contributed by atoms with E-state index in [1.165, 1.54) is 13.8 Å². The van der Waals surface area contributed by atoms with Crippen LogP contribution in [0.5, 0.6) is 0 Å². The van der Waals surface area contributed by atoms with Crippen LogP contribution >= 0.6 is 0 Å². The highest BCUT2D eigenvalue weighted by Crippen LogP contribution is 2.30. The van der Waals surface area contributed by atoms with Crippen LogP contribution in [0.15, 0.2) is 0 Å². The minimum absolute atomic E-state index is 0.0414. The number of hydrogen-bond acceptors (Lipinski definition) is 4. The molecule has 0 aromatic carbocycles. The topological polar surface area (TPSA) is 52.6 Å². The van der Waals surface area contributed by atoms with E-state index in [4.69, 9.17) is 9.47 Å². The van der Waals surface area contributed by atoms with Crippen LogP contribution in [0, 0.1) is 11.8 Å². The number of rotatable bonds is 5. The quantitative estimate of drug-likeness (QED) is 0.679. The summed E-state index contributed by atoms with van der Waals surface area (Å²) in [4.78, 5) is 21.8. The van der Waals surface area contributed by atoms with Crippen molar-refractivity contribution in [2.45, 2.75) is 47.1 Å². The SMILES string of the molecule is CC(=O)OCC(C)C(C)(OC(C)=O)C(C)C. The fourth-order valence-corrected chi connectivity index (χ4v) is 1.50. The molecule has 4 nitrogen and oxygen atoms in total. The summed E-state index contributed by atoms with van der Waals surface area (Å²) >= 11 is 0. The van der Waals surface area contributed by atoms with Gasteiger partial charge in [-0.25, -0.2) is 0 Å². The Morgan fingerprint density at radius 3 is 1.94 bits per heavy atom. The molecule has 94 valence electrons. The second-order valence-corrected chi connectivity index (χ2v) is 4.64. The molecule has 0 aliphatic rings. The Kier molecular flexibility index (Phi) is 5.48. The van der Waals surface area contributed by atoms with Crippen molar-refractivity contribution in [2.75, 3.05) is 6.61 Å². The van der Waals surface area contributed by atoms with E-state index >= 15 is 0 Å². The Bertz CT molecular complexity index is 260. The zero-order valence-corrected chi connectivity index (χ0v) is 11.0. The summed E-state index contributed by atoms with van der Waals surface area (Å²) in [5.74, 6) is -0.520. The molecule has 16 heavy (non-hydrogen) atoms. The average Bonchev–Trinajstić information content (AvgIpc) is 2.12. The molecule has 0 saturated heterocycles. The zero-order chi connectivity index (χ0) is 12.9. The normalized spacial score (nSPS) is 16.4. The van der Waals surface area contributed by atoms with Gasteiger partial charge in [-0.15, -0.1) is 0 Å². The Hall–Kier alpha value is -1.06. The highest BCUT2D eigenvalue weighted by atomic mass is 16.6. The van der Waals surface area contributed by atoms with E-state index in [1.807, 2.05) is 27.7 Å². The highest BCUT2D eigenvalue weighted by molar-refractivity contribution is 5.67. The van der Waals surface area contributed by atoms with Gasteiger partial charge in [-0.1, -0.05) is 20.8 Å². The standard InChI is InChI=1S/C12H22O4/c1-8(2)12(6,16-11(5)14)9(3)7-15-10(4)13/h8-9H,7H2,1-6H3. The third-order valence-corrected chi connectivity index (χ3v) is 3.03. The van der Waals surface area contributed by atoms with Crippen LogP contribution in [0.25, 0.3) is 0 Å². The number of carbonyl (C=O) groups excluding carboxylic acids is 2. The lowest BCUT2D eigenvalue weighted by Gasteiger charge is -2.38. The summed E-state index contributed by atoms with van der Waals surface area (Å²) in [6.07, 6.45) is 0. The molecule has 0 bridgehead atoms. The van der Waals surface area contributed by atoms with Gasteiger partial charge >= 0.3 is 11.9 Å². The van der Waals surface area contributed by atoms with Gasteiger partial charge in [0.15, 0.2) is 0 Å². The van der Waals surface area contributed by atoms with Crippen LogP contribution in [0.3, 0.4) is 0 Å². The van der Waals surface area contributed by atoms with E-state index in [-0.39, 0.29) is 30.4 Å². The maximum absolute atomic E-state index is 11.1. The molecule has 0 aromatic heterocycles. The maximum Gasteiger partial charge on any atom is 0.303 e. The van der Waals surface area contributed by atoms with Gasteiger partial charge in [-0.05, 0) is 12.8 Å². The third-order valence-electron chi connectivity index (χ3n) is 3.03. The molecule has 4 heteroatoms. The predicted octanol–water partition coefficient (Wildman–Crippen LogP) is 2.16. The van der Waals surface area contributed by atoms with E-state index in [2.05, 4.69) is 0 Å². The van der Waals surface area contributed by atoms with Gasteiger partial charge in [0.05, 0.1) is 6.61 Å². The smallest absolute Gasteiger partial charge is 0.303 e. The first-order valence-electron chi connectivity index (χ1n) is 5.53. The summed E-state index contributed by atoms with van der Waals surface area (Å²) in [5, 5.41) is 0. The lowest BCUT2D eigenvalue weighted by atomic mass is 9.81. The molecule has 0 aromatic rings. The molecule has 2 atom stereocenters. The second-order valence-electron chi connectivity index (χ2n) is 4.64. The molecule has 0 aliphatic heterocycles. The molecule has 0 aliphatic carbocycles. The monoisotopic (exact) mass is 230 g/mol. The van der Waals surface area contributed by atoms with E-state index in [0.717, 1.165) is 0 Å². The van der Waals surface area contributed by atoms with Crippen molar-refractivity contribution in [1.29, 1.82) is 0 Å². The Morgan fingerprint density at radius 1 is 1.12 bits per heavy atom. The van der Waals surface area contributed by atoms with Gasteiger partial charge in [0.2, 0.25) is 0 Å². The first-order valence-corrected chi connectivity index (χ1v) is 5.53. The number of hydrogen-bond donors (Lipinski definition) is 0. The molecular weight excluding hydrogens is 208 g/mol. The first-order chi connectivity index (χ1) is 7.20. The summed E-state index contributed by atoms with van der Waals surface area (Å²) in [6, 6.07) is 0. The molecule has 0 rings (SSSR count). The predicted molar refractivity (Wildman–Crippen MR) is 60.8 cm³/mol. The van der Waals surface area contributed by atoms with Crippen LogP contribution in [-0.2, 0) is 19.1 Å². The summed E-state index contributed by atoms with van der Waals surface area (Å²) in [6.45, 7) is 10.8. The van der Waals surface area contributed by atoms with E-state index in [0.29, 0.717) is 0 Å². The first kappa shape index (κ1) is 14.9. The Morgan fingerprint density at radius 2 is 1.62 bits per heavy atom. The zero-order valence-electron chi connectivity index (χ0n) is 11.0. The third kappa shape index (κ3) is 4.21. The van der Waals surface area contributed by atoms with Crippen molar-refractivity contribution in [3.05, 3.63) is 0 Å². The van der Waals surface area contributed by atoms with E-state index in [1.54, 1.807) is 0 Å².